The van der Waals surface area contributed by atoms with E-state index in [0.29, 0.717) is 4.83 Å². The highest BCUT2D eigenvalue weighted by Gasteiger charge is 2.13. The Labute approximate surface area is 123 Å². The van der Waals surface area contributed by atoms with Crippen LogP contribution in [0.1, 0.15) is 23.2 Å². The highest BCUT2D eigenvalue weighted by Crippen LogP contribution is 2.33. The zero-order valence-corrected chi connectivity index (χ0v) is 12.8. The van der Waals surface area contributed by atoms with E-state index in [4.69, 9.17) is 0 Å². The van der Waals surface area contributed by atoms with Crippen LogP contribution in [0.15, 0.2) is 36.5 Å². The lowest BCUT2D eigenvalue weighted by Crippen LogP contribution is -1.84. The van der Waals surface area contributed by atoms with Crippen LogP contribution in [0, 0.1) is 0 Å². The molecule has 0 aliphatic carbocycles. The van der Waals surface area contributed by atoms with Crippen LogP contribution in [0.5, 0.6) is 0 Å². The normalized spacial score (nSPS) is 12.7. The SMILES string of the molecule is CCC(Br)c1nnc(-c2ccc3ncccc3c2)s1. The molecule has 19 heavy (non-hydrogen) atoms. The first-order valence-electron chi connectivity index (χ1n) is 6.10. The van der Waals surface area contributed by atoms with E-state index in [1.165, 1.54) is 0 Å². The maximum Gasteiger partial charge on any atom is 0.147 e. The number of rotatable bonds is 3. The maximum atomic E-state index is 4.32. The second-order valence-electron chi connectivity index (χ2n) is 4.23. The minimum absolute atomic E-state index is 0.292. The smallest absolute Gasteiger partial charge is 0.147 e. The van der Waals surface area contributed by atoms with Crippen LogP contribution in [-0.2, 0) is 0 Å². The number of hydrogen-bond donors (Lipinski definition) is 0. The summed E-state index contributed by atoms with van der Waals surface area (Å²) in [6.07, 6.45) is 2.82. The number of fused-ring (bicyclic) bond motifs is 1. The van der Waals surface area contributed by atoms with E-state index in [9.17, 15) is 0 Å². The molecular weight excluding hydrogens is 322 g/mol. The second kappa shape index (κ2) is 5.35. The summed E-state index contributed by atoms with van der Waals surface area (Å²) < 4.78 is 0. The molecule has 2 heterocycles. The van der Waals surface area contributed by atoms with E-state index in [1.807, 2.05) is 18.3 Å². The molecule has 0 saturated carbocycles. The number of aromatic nitrogens is 3. The molecule has 0 saturated heterocycles. The standard InChI is InChI=1S/C14H12BrN3S/c1-2-11(15)14-18-17-13(19-14)10-5-6-12-9(8-10)4-3-7-16-12/h3-8,11H,2H2,1H3. The predicted molar refractivity (Wildman–Crippen MR) is 82.6 cm³/mol. The van der Waals surface area contributed by atoms with Gasteiger partial charge in [-0.15, -0.1) is 10.2 Å². The summed E-state index contributed by atoms with van der Waals surface area (Å²) in [6, 6.07) is 10.2. The van der Waals surface area contributed by atoms with Gasteiger partial charge in [-0.3, -0.25) is 4.98 Å². The second-order valence-corrected chi connectivity index (χ2v) is 6.35. The quantitative estimate of drug-likeness (QED) is 0.657. The Morgan fingerprint density at radius 1 is 1.26 bits per heavy atom. The summed E-state index contributed by atoms with van der Waals surface area (Å²) in [5.74, 6) is 0. The minimum Gasteiger partial charge on any atom is -0.256 e. The number of pyridine rings is 1. The van der Waals surface area contributed by atoms with Crippen molar-refractivity contribution in [3.05, 3.63) is 41.5 Å². The molecule has 0 amide bonds. The molecule has 3 rings (SSSR count). The molecule has 3 aromatic rings. The lowest BCUT2D eigenvalue weighted by Gasteiger charge is -2.00. The summed E-state index contributed by atoms with van der Waals surface area (Å²) in [5.41, 5.74) is 2.10. The van der Waals surface area contributed by atoms with Gasteiger partial charge < -0.3 is 0 Å². The molecular formula is C14H12BrN3S. The molecule has 0 spiro atoms. The fourth-order valence-corrected chi connectivity index (χ4v) is 3.13. The van der Waals surface area contributed by atoms with Gasteiger partial charge in [0, 0.05) is 17.1 Å². The van der Waals surface area contributed by atoms with Gasteiger partial charge in [-0.1, -0.05) is 40.3 Å². The predicted octanol–water partition coefficient (Wildman–Crippen LogP) is 4.60. The van der Waals surface area contributed by atoms with Gasteiger partial charge in [-0.2, -0.15) is 0 Å². The van der Waals surface area contributed by atoms with E-state index >= 15 is 0 Å². The summed E-state index contributed by atoms with van der Waals surface area (Å²) in [5, 5.41) is 11.6. The first kappa shape index (κ1) is 12.7. The largest absolute Gasteiger partial charge is 0.256 e. The highest BCUT2D eigenvalue weighted by atomic mass is 79.9. The number of alkyl halides is 1. The van der Waals surface area contributed by atoms with E-state index in [0.717, 1.165) is 32.9 Å². The van der Waals surface area contributed by atoms with Crippen LogP contribution >= 0.6 is 27.3 Å². The van der Waals surface area contributed by atoms with Crippen molar-refractivity contribution < 1.29 is 0 Å². The van der Waals surface area contributed by atoms with Gasteiger partial charge >= 0.3 is 0 Å². The van der Waals surface area contributed by atoms with Crippen molar-refractivity contribution >= 4 is 38.2 Å². The van der Waals surface area contributed by atoms with Crippen molar-refractivity contribution in [1.29, 1.82) is 0 Å². The van der Waals surface area contributed by atoms with Crippen LogP contribution in [0.4, 0.5) is 0 Å². The molecule has 0 bridgehead atoms. The molecule has 2 aromatic heterocycles. The average Bonchev–Trinajstić information content (AvgIpc) is 2.95. The van der Waals surface area contributed by atoms with E-state index < -0.39 is 0 Å². The summed E-state index contributed by atoms with van der Waals surface area (Å²) in [7, 11) is 0. The first-order chi connectivity index (χ1) is 9.28. The lowest BCUT2D eigenvalue weighted by molar-refractivity contribution is 0.870. The maximum absolute atomic E-state index is 4.32. The molecule has 96 valence electrons. The first-order valence-corrected chi connectivity index (χ1v) is 7.84. The van der Waals surface area contributed by atoms with Gasteiger partial charge in [0.1, 0.15) is 10.0 Å². The Kier molecular flexibility index (Phi) is 3.57. The van der Waals surface area contributed by atoms with Gasteiger partial charge in [0.15, 0.2) is 0 Å². The van der Waals surface area contributed by atoms with Crippen LogP contribution in [0.3, 0.4) is 0 Å². The van der Waals surface area contributed by atoms with Crippen LogP contribution in [0.25, 0.3) is 21.5 Å². The molecule has 0 N–H and O–H groups in total. The third-order valence-electron chi connectivity index (χ3n) is 2.92. The molecule has 1 atom stereocenters. The Bertz CT molecular complexity index is 710. The van der Waals surface area contributed by atoms with Crippen molar-refractivity contribution in [3.8, 4) is 10.6 Å². The van der Waals surface area contributed by atoms with Gasteiger partial charge in [0.05, 0.1) is 10.3 Å². The van der Waals surface area contributed by atoms with Crippen molar-refractivity contribution in [3.63, 3.8) is 0 Å². The molecule has 1 unspecified atom stereocenters. The monoisotopic (exact) mass is 333 g/mol. The molecule has 0 aliphatic rings. The van der Waals surface area contributed by atoms with E-state index in [-0.39, 0.29) is 0 Å². The zero-order valence-electron chi connectivity index (χ0n) is 10.4. The number of nitrogens with zero attached hydrogens (tertiary/aromatic N) is 3. The molecule has 3 nitrogen and oxygen atoms in total. The van der Waals surface area contributed by atoms with Crippen molar-refractivity contribution in [2.45, 2.75) is 18.2 Å². The van der Waals surface area contributed by atoms with E-state index in [2.05, 4.69) is 56.2 Å². The zero-order chi connectivity index (χ0) is 13.2. The molecule has 0 aliphatic heterocycles. The highest BCUT2D eigenvalue weighted by molar-refractivity contribution is 9.09. The Balaban J connectivity index is 2.01. The Morgan fingerprint density at radius 3 is 3.00 bits per heavy atom. The van der Waals surface area contributed by atoms with Crippen molar-refractivity contribution in [2.75, 3.05) is 0 Å². The van der Waals surface area contributed by atoms with Crippen LogP contribution in [0.2, 0.25) is 0 Å². The number of halogens is 1. The van der Waals surface area contributed by atoms with Crippen molar-refractivity contribution in [1.82, 2.24) is 15.2 Å². The number of benzene rings is 1. The Hall–Kier alpha value is -1.33. The van der Waals surface area contributed by atoms with Gasteiger partial charge in [-0.25, -0.2) is 0 Å². The minimum atomic E-state index is 0.292. The topological polar surface area (TPSA) is 38.7 Å². The summed E-state index contributed by atoms with van der Waals surface area (Å²) >= 11 is 5.25. The lowest BCUT2D eigenvalue weighted by atomic mass is 10.1. The van der Waals surface area contributed by atoms with Crippen LogP contribution in [-0.4, -0.2) is 15.2 Å². The van der Waals surface area contributed by atoms with Crippen molar-refractivity contribution in [2.24, 2.45) is 0 Å². The summed E-state index contributed by atoms with van der Waals surface area (Å²) in [4.78, 5) is 4.62. The van der Waals surface area contributed by atoms with Crippen LogP contribution < -0.4 is 0 Å². The molecule has 0 radical (unpaired) electrons. The average molecular weight is 334 g/mol. The fourth-order valence-electron chi connectivity index (χ4n) is 1.86. The molecule has 0 fully saturated rings. The third-order valence-corrected chi connectivity index (χ3v) is 5.39. The van der Waals surface area contributed by atoms with E-state index in [1.54, 1.807) is 11.3 Å². The third kappa shape index (κ3) is 2.53. The Morgan fingerprint density at radius 2 is 2.16 bits per heavy atom. The fraction of sp³-hybridized carbons (Fsp3) is 0.214. The van der Waals surface area contributed by atoms with Gasteiger partial charge in [0.2, 0.25) is 0 Å². The number of hydrogen-bond acceptors (Lipinski definition) is 4. The molecule has 5 heteroatoms. The van der Waals surface area contributed by atoms with Gasteiger partial charge in [-0.05, 0) is 30.7 Å². The summed E-state index contributed by atoms with van der Waals surface area (Å²) in [6.45, 7) is 2.13. The molecule has 1 aromatic carbocycles. The van der Waals surface area contributed by atoms with Gasteiger partial charge in [0.25, 0.3) is 0 Å².